The zero-order valence-electron chi connectivity index (χ0n) is 8.83. The first kappa shape index (κ1) is 9.65. The molecule has 1 fully saturated rings. The van der Waals surface area contributed by atoms with E-state index in [0.717, 1.165) is 18.1 Å². The second-order valence-electron chi connectivity index (χ2n) is 4.26. The molecule has 0 bridgehead atoms. The number of nitrogens with two attached hydrogens (primary N) is 1. The molecular weight excluding hydrogens is 176 g/mol. The van der Waals surface area contributed by atoms with E-state index in [1.54, 1.807) is 0 Å². The molecule has 2 atom stereocenters. The van der Waals surface area contributed by atoms with Gasteiger partial charge in [0.2, 0.25) is 0 Å². The molecule has 14 heavy (non-hydrogen) atoms. The number of hydrogen-bond donors (Lipinski definition) is 2. The van der Waals surface area contributed by atoms with Crippen molar-refractivity contribution in [2.24, 2.45) is 11.7 Å². The third-order valence-corrected chi connectivity index (χ3v) is 3.04. The van der Waals surface area contributed by atoms with Crippen LogP contribution in [0.25, 0.3) is 0 Å². The first-order valence-electron chi connectivity index (χ1n) is 5.40. The van der Waals surface area contributed by atoms with Crippen molar-refractivity contribution >= 4 is 0 Å². The maximum Gasteiger partial charge on any atom is 0.167 e. The molecule has 0 radical (unpaired) electrons. The van der Waals surface area contributed by atoms with Crippen LogP contribution in [0.4, 0.5) is 0 Å². The summed E-state index contributed by atoms with van der Waals surface area (Å²) in [5.41, 5.74) is 6.04. The molecule has 0 aliphatic heterocycles. The van der Waals surface area contributed by atoms with Crippen LogP contribution in [0.1, 0.15) is 56.7 Å². The quantitative estimate of drug-likeness (QED) is 0.767. The van der Waals surface area contributed by atoms with E-state index >= 15 is 0 Å². The molecule has 0 aromatic carbocycles. The fourth-order valence-electron chi connectivity index (χ4n) is 1.48. The van der Waals surface area contributed by atoms with Gasteiger partial charge in [-0.2, -0.15) is 5.10 Å². The lowest BCUT2D eigenvalue weighted by Gasteiger charge is -2.13. The van der Waals surface area contributed by atoms with Gasteiger partial charge in [-0.1, -0.05) is 20.3 Å². The Morgan fingerprint density at radius 2 is 2.29 bits per heavy atom. The minimum absolute atomic E-state index is 0.0243. The van der Waals surface area contributed by atoms with Gasteiger partial charge in [0.25, 0.3) is 0 Å². The summed E-state index contributed by atoms with van der Waals surface area (Å²) in [6.07, 6.45) is 3.55. The van der Waals surface area contributed by atoms with Crippen molar-refractivity contribution in [3.63, 3.8) is 0 Å². The maximum atomic E-state index is 6.04. The van der Waals surface area contributed by atoms with Crippen LogP contribution in [0.2, 0.25) is 0 Å². The van der Waals surface area contributed by atoms with Gasteiger partial charge in [-0.15, -0.1) is 0 Å². The van der Waals surface area contributed by atoms with E-state index in [1.165, 1.54) is 12.8 Å². The predicted molar refractivity (Wildman–Crippen MR) is 54.7 cm³/mol. The average molecular weight is 194 g/mol. The van der Waals surface area contributed by atoms with Crippen molar-refractivity contribution in [1.82, 2.24) is 15.2 Å². The van der Waals surface area contributed by atoms with E-state index in [1.807, 2.05) is 0 Å². The van der Waals surface area contributed by atoms with Gasteiger partial charge >= 0.3 is 0 Å². The highest BCUT2D eigenvalue weighted by molar-refractivity contribution is 5.07. The zero-order chi connectivity index (χ0) is 10.1. The molecule has 1 aliphatic rings. The van der Waals surface area contributed by atoms with Crippen molar-refractivity contribution in [3.05, 3.63) is 11.6 Å². The predicted octanol–water partition coefficient (Wildman–Crippen LogP) is 1.73. The topological polar surface area (TPSA) is 67.6 Å². The second kappa shape index (κ2) is 3.69. The summed E-state index contributed by atoms with van der Waals surface area (Å²) in [6.45, 7) is 4.27. The fraction of sp³-hybridized carbons (Fsp3) is 0.800. The molecule has 4 nitrogen and oxygen atoms in total. The Bertz CT molecular complexity index is 303. The lowest BCUT2D eigenvalue weighted by atomic mass is 10.00. The molecule has 1 saturated carbocycles. The highest BCUT2D eigenvalue weighted by Gasteiger charge is 2.28. The van der Waals surface area contributed by atoms with Gasteiger partial charge in [0, 0.05) is 5.92 Å². The molecule has 1 aromatic rings. The van der Waals surface area contributed by atoms with E-state index in [-0.39, 0.29) is 6.04 Å². The fourth-order valence-corrected chi connectivity index (χ4v) is 1.48. The molecule has 1 aliphatic carbocycles. The van der Waals surface area contributed by atoms with Crippen LogP contribution in [0.3, 0.4) is 0 Å². The summed E-state index contributed by atoms with van der Waals surface area (Å²) < 4.78 is 0. The summed E-state index contributed by atoms with van der Waals surface area (Å²) in [5, 5.41) is 7.17. The molecule has 0 saturated heterocycles. The Kier molecular flexibility index (Phi) is 2.54. The van der Waals surface area contributed by atoms with Gasteiger partial charge in [0.05, 0.1) is 6.04 Å². The van der Waals surface area contributed by atoms with E-state index in [0.29, 0.717) is 11.8 Å². The number of hydrogen-bond acceptors (Lipinski definition) is 3. The highest BCUT2D eigenvalue weighted by atomic mass is 15.2. The molecule has 4 heteroatoms. The number of rotatable bonds is 4. The summed E-state index contributed by atoms with van der Waals surface area (Å²) in [7, 11) is 0. The standard InChI is InChI=1S/C10H18N4/c1-3-6(2)8(11)10-12-9(13-14-10)7-4-5-7/h6-8H,3-5,11H2,1-2H3,(H,12,13,14). The number of H-pyrrole nitrogens is 1. The van der Waals surface area contributed by atoms with Crippen molar-refractivity contribution in [2.75, 3.05) is 0 Å². The van der Waals surface area contributed by atoms with Crippen molar-refractivity contribution in [1.29, 1.82) is 0 Å². The minimum atomic E-state index is -0.0243. The van der Waals surface area contributed by atoms with Crippen molar-refractivity contribution < 1.29 is 0 Å². The normalized spacial score (nSPS) is 20.8. The van der Waals surface area contributed by atoms with E-state index < -0.39 is 0 Å². The van der Waals surface area contributed by atoms with Crippen LogP contribution in [-0.4, -0.2) is 15.2 Å². The average Bonchev–Trinajstić information content (AvgIpc) is 2.94. The molecular formula is C10H18N4. The maximum absolute atomic E-state index is 6.04. The monoisotopic (exact) mass is 194 g/mol. The van der Waals surface area contributed by atoms with Crippen LogP contribution in [-0.2, 0) is 0 Å². The third-order valence-electron chi connectivity index (χ3n) is 3.04. The van der Waals surface area contributed by atoms with Gasteiger partial charge in [-0.05, 0) is 18.8 Å². The Morgan fingerprint density at radius 1 is 1.57 bits per heavy atom. The summed E-state index contributed by atoms with van der Waals surface area (Å²) in [6, 6.07) is -0.0243. The third kappa shape index (κ3) is 1.80. The molecule has 1 aromatic heterocycles. The smallest absolute Gasteiger partial charge is 0.167 e. The van der Waals surface area contributed by atoms with Crippen LogP contribution >= 0.6 is 0 Å². The Balaban J connectivity index is 2.07. The van der Waals surface area contributed by atoms with Gasteiger partial charge in [-0.25, -0.2) is 4.98 Å². The SMILES string of the molecule is CCC(C)C(N)c1n[nH]c(C2CC2)n1. The van der Waals surface area contributed by atoms with Crippen LogP contribution in [0.15, 0.2) is 0 Å². The summed E-state index contributed by atoms with van der Waals surface area (Å²) in [5.74, 6) is 2.87. The Morgan fingerprint density at radius 3 is 2.86 bits per heavy atom. The van der Waals surface area contributed by atoms with Crippen LogP contribution in [0.5, 0.6) is 0 Å². The lowest BCUT2D eigenvalue weighted by molar-refractivity contribution is 0.440. The second-order valence-corrected chi connectivity index (χ2v) is 4.26. The first-order valence-corrected chi connectivity index (χ1v) is 5.40. The Hall–Kier alpha value is -0.900. The van der Waals surface area contributed by atoms with Gasteiger partial charge in [0.1, 0.15) is 5.82 Å². The number of nitrogens with one attached hydrogen (secondary N) is 1. The minimum Gasteiger partial charge on any atom is -0.321 e. The number of aromatic nitrogens is 3. The largest absolute Gasteiger partial charge is 0.321 e. The zero-order valence-corrected chi connectivity index (χ0v) is 8.83. The Labute approximate surface area is 84.3 Å². The van der Waals surface area contributed by atoms with Gasteiger partial charge in [-0.3, -0.25) is 5.10 Å². The molecule has 2 unspecified atom stereocenters. The van der Waals surface area contributed by atoms with Crippen molar-refractivity contribution in [2.45, 2.75) is 45.1 Å². The summed E-state index contributed by atoms with van der Waals surface area (Å²) >= 11 is 0. The molecule has 0 amide bonds. The highest BCUT2D eigenvalue weighted by Crippen LogP contribution is 2.38. The van der Waals surface area contributed by atoms with Crippen LogP contribution < -0.4 is 5.73 Å². The molecule has 3 N–H and O–H groups in total. The van der Waals surface area contributed by atoms with Gasteiger partial charge < -0.3 is 5.73 Å². The number of nitrogens with zero attached hydrogens (tertiary/aromatic N) is 2. The van der Waals surface area contributed by atoms with Crippen LogP contribution in [0, 0.1) is 5.92 Å². The number of aromatic amines is 1. The van der Waals surface area contributed by atoms with Gasteiger partial charge in [0.15, 0.2) is 5.82 Å². The lowest BCUT2D eigenvalue weighted by Crippen LogP contribution is -2.19. The van der Waals surface area contributed by atoms with Crippen molar-refractivity contribution in [3.8, 4) is 0 Å². The molecule has 78 valence electrons. The molecule has 2 rings (SSSR count). The van der Waals surface area contributed by atoms with E-state index in [2.05, 4.69) is 29.0 Å². The molecule has 1 heterocycles. The molecule has 0 spiro atoms. The van der Waals surface area contributed by atoms with E-state index in [4.69, 9.17) is 5.73 Å². The van der Waals surface area contributed by atoms with E-state index in [9.17, 15) is 0 Å². The first-order chi connectivity index (χ1) is 6.72. The summed E-state index contributed by atoms with van der Waals surface area (Å²) in [4.78, 5) is 4.45.